The fourth-order valence-electron chi connectivity index (χ4n) is 1.57. The van der Waals surface area contributed by atoms with Gasteiger partial charge in [0.1, 0.15) is 0 Å². The Labute approximate surface area is 101 Å². The third kappa shape index (κ3) is 1.86. The van der Waals surface area contributed by atoms with Crippen molar-refractivity contribution in [2.45, 2.75) is 38.9 Å². The molecule has 0 aliphatic carbocycles. The molecule has 0 radical (unpaired) electrons. The van der Waals surface area contributed by atoms with Gasteiger partial charge in [0.2, 0.25) is 0 Å². The van der Waals surface area contributed by atoms with Gasteiger partial charge in [-0.1, -0.05) is 6.58 Å². The number of rotatable bonds is 2. The Morgan fingerprint density at radius 1 is 1.25 bits per heavy atom. The van der Waals surface area contributed by atoms with E-state index in [9.17, 15) is 0 Å². The molecular weight excluding hydrogens is 219 g/mol. The summed E-state index contributed by atoms with van der Waals surface area (Å²) >= 11 is 1.65. The summed E-state index contributed by atoms with van der Waals surface area (Å²) in [6, 6.07) is 2.04. The lowest BCUT2D eigenvalue weighted by molar-refractivity contribution is 0.00578. The van der Waals surface area contributed by atoms with E-state index in [1.54, 1.807) is 11.3 Å². The molecule has 2 heterocycles. The van der Waals surface area contributed by atoms with Crippen LogP contribution in [0.1, 0.15) is 33.3 Å². The highest BCUT2D eigenvalue weighted by molar-refractivity contribution is 7.08. The van der Waals surface area contributed by atoms with E-state index in [1.807, 2.05) is 39.1 Å². The largest absolute Gasteiger partial charge is 0.494 e. The molecule has 0 spiro atoms. The molecule has 0 amide bonds. The van der Waals surface area contributed by atoms with Crippen molar-refractivity contribution in [3.63, 3.8) is 0 Å². The molecule has 1 aliphatic rings. The maximum absolute atomic E-state index is 5.93. The summed E-state index contributed by atoms with van der Waals surface area (Å²) in [5.74, 6) is 0. The van der Waals surface area contributed by atoms with Crippen molar-refractivity contribution >= 4 is 23.9 Å². The maximum Gasteiger partial charge on any atom is 0.494 e. The molecule has 0 N–H and O–H groups in total. The molecular formula is C12H17BO2S. The molecule has 1 aromatic rings. The first kappa shape index (κ1) is 11.9. The molecule has 0 bridgehead atoms. The van der Waals surface area contributed by atoms with Crippen molar-refractivity contribution in [3.05, 3.63) is 29.0 Å². The van der Waals surface area contributed by atoms with Crippen molar-refractivity contribution < 1.29 is 9.31 Å². The van der Waals surface area contributed by atoms with Crippen LogP contribution in [-0.4, -0.2) is 18.3 Å². The average Bonchev–Trinajstić information content (AvgIpc) is 2.72. The molecule has 1 saturated heterocycles. The van der Waals surface area contributed by atoms with Crippen LogP contribution >= 0.6 is 11.3 Å². The van der Waals surface area contributed by atoms with Crippen LogP contribution in [-0.2, 0) is 9.31 Å². The first-order valence-electron chi connectivity index (χ1n) is 5.40. The summed E-state index contributed by atoms with van der Waals surface area (Å²) in [6.45, 7) is 12.3. The third-order valence-corrected chi connectivity index (χ3v) is 4.11. The highest BCUT2D eigenvalue weighted by Crippen LogP contribution is 2.40. The number of hydrogen-bond donors (Lipinski definition) is 0. The number of thiophene rings is 1. The molecule has 1 fully saturated rings. The molecule has 16 heavy (non-hydrogen) atoms. The van der Waals surface area contributed by atoms with Crippen LogP contribution in [0.5, 0.6) is 0 Å². The standard InChI is InChI=1S/C12H17BO2S/c1-9(10-6-7-16-8-10)13-14-11(2,3)12(4,5)15-13/h6-8H,1H2,2-5H3. The first-order chi connectivity index (χ1) is 7.33. The first-order valence-corrected chi connectivity index (χ1v) is 6.35. The van der Waals surface area contributed by atoms with Gasteiger partial charge in [-0.15, -0.1) is 0 Å². The molecule has 86 valence electrons. The molecule has 2 rings (SSSR count). The number of hydrogen-bond acceptors (Lipinski definition) is 3. The van der Waals surface area contributed by atoms with Crippen LogP contribution in [0, 0.1) is 0 Å². The molecule has 0 saturated carbocycles. The van der Waals surface area contributed by atoms with Crippen LogP contribution in [0.3, 0.4) is 0 Å². The smallest absolute Gasteiger partial charge is 0.399 e. The quantitative estimate of drug-likeness (QED) is 0.732. The van der Waals surface area contributed by atoms with Gasteiger partial charge >= 0.3 is 7.12 Å². The zero-order valence-corrected chi connectivity index (χ0v) is 11.1. The Bertz CT molecular complexity index is 379. The highest BCUT2D eigenvalue weighted by atomic mass is 32.1. The van der Waals surface area contributed by atoms with Crippen molar-refractivity contribution in [1.82, 2.24) is 0 Å². The Balaban J connectivity index is 2.18. The Morgan fingerprint density at radius 3 is 2.25 bits per heavy atom. The topological polar surface area (TPSA) is 18.5 Å². The van der Waals surface area contributed by atoms with Crippen molar-refractivity contribution in [3.8, 4) is 0 Å². The predicted molar refractivity (Wildman–Crippen MR) is 69.4 cm³/mol. The van der Waals surface area contributed by atoms with Gasteiger partial charge in [0.15, 0.2) is 0 Å². The van der Waals surface area contributed by atoms with Crippen molar-refractivity contribution in [1.29, 1.82) is 0 Å². The van der Waals surface area contributed by atoms with Gasteiger partial charge in [-0.05, 0) is 55.6 Å². The van der Waals surface area contributed by atoms with Gasteiger partial charge in [-0.3, -0.25) is 0 Å². The van der Waals surface area contributed by atoms with Crippen molar-refractivity contribution in [2.75, 3.05) is 0 Å². The Kier molecular flexibility index (Phi) is 2.77. The van der Waals surface area contributed by atoms with Gasteiger partial charge in [-0.25, -0.2) is 0 Å². The summed E-state index contributed by atoms with van der Waals surface area (Å²) in [5.41, 5.74) is 1.41. The molecule has 1 aliphatic heterocycles. The second-order valence-electron chi connectivity index (χ2n) is 5.13. The van der Waals surface area contributed by atoms with E-state index in [2.05, 4.69) is 12.0 Å². The summed E-state index contributed by atoms with van der Waals surface area (Å²) in [6.07, 6.45) is 0. The maximum atomic E-state index is 5.93. The minimum atomic E-state index is -0.334. The minimum Gasteiger partial charge on any atom is -0.399 e. The zero-order chi connectivity index (χ0) is 12.0. The van der Waals surface area contributed by atoms with E-state index in [-0.39, 0.29) is 18.3 Å². The zero-order valence-electron chi connectivity index (χ0n) is 10.2. The van der Waals surface area contributed by atoms with E-state index in [0.717, 1.165) is 11.0 Å². The van der Waals surface area contributed by atoms with Crippen LogP contribution in [0.2, 0.25) is 0 Å². The Hall–Kier alpha value is -0.575. The highest BCUT2D eigenvalue weighted by Gasteiger charge is 2.52. The fraction of sp³-hybridized carbons (Fsp3) is 0.500. The van der Waals surface area contributed by atoms with Crippen LogP contribution < -0.4 is 0 Å². The van der Waals surface area contributed by atoms with Crippen LogP contribution in [0.15, 0.2) is 23.4 Å². The van der Waals surface area contributed by atoms with E-state index in [0.29, 0.717) is 0 Å². The van der Waals surface area contributed by atoms with Gasteiger partial charge in [-0.2, -0.15) is 11.3 Å². The van der Waals surface area contributed by atoms with E-state index in [4.69, 9.17) is 9.31 Å². The molecule has 2 nitrogen and oxygen atoms in total. The van der Waals surface area contributed by atoms with Crippen LogP contribution in [0.4, 0.5) is 0 Å². The predicted octanol–water partition coefficient (Wildman–Crippen LogP) is 3.39. The lowest BCUT2D eigenvalue weighted by Gasteiger charge is -2.32. The third-order valence-electron chi connectivity index (χ3n) is 3.43. The van der Waals surface area contributed by atoms with Gasteiger partial charge < -0.3 is 9.31 Å². The lowest BCUT2D eigenvalue weighted by atomic mass is 9.76. The van der Waals surface area contributed by atoms with Gasteiger partial charge in [0.25, 0.3) is 0 Å². The van der Waals surface area contributed by atoms with E-state index in [1.165, 1.54) is 0 Å². The molecule has 1 aromatic heterocycles. The van der Waals surface area contributed by atoms with E-state index < -0.39 is 0 Å². The van der Waals surface area contributed by atoms with Gasteiger partial charge in [0, 0.05) is 0 Å². The lowest BCUT2D eigenvalue weighted by Crippen LogP contribution is -2.41. The summed E-state index contributed by atoms with van der Waals surface area (Å²) in [5, 5.41) is 4.10. The monoisotopic (exact) mass is 236 g/mol. The SMILES string of the molecule is C=C(B1OC(C)(C)C(C)(C)O1)c1ccsc1. The van der Waals surface area contributed by atoms with Crippen LogP contribution in [0.25, 0.3) is 5.47 Å². The summed E-state index contributed by atoms with van der Waals surface area (Å²) in [4.78, 5) is 0. The average molecular weight is 236 g/mol. The molecule has 0 aromatic carbocycles. The second-order valence-corrected chi connectivity index (χ2v) is 5.91. The van der Waals surface area contributed by atoms with E-state index >= 15 is 0 Å². The molecule has 4 heteroatoms. The minimum absolute atomic E-state index is 0.295. The summed E-state index contributed by atoms with van der Waals surface area (Å²) < 4.78 is 11.9. The second kappa shape index (κ2) is 3.72. The fourth-order valence-corrected chi connectivity index (χ4v) is 2.25. The van der Waals surface area contributed by atoms with Crippen molar-refractivity contribution in [2.24, 2.45) is 0 Å². The molecule has 0 atom stereocenters. The van der Waals surface area contributed by atoms with Gasteiger partial charge in [0.05, 0.1) is 11.2 Å². The molecule has 0 unspecified atom stereocenters. The normalized spacial score (nSPS) is 22.4. The summed E-state index contributed by atoms with van der Waals surface area (Å²) in [7, 11) is -0.334. The Morgan fingerprint density at radius 2 is 1.81 bits per heavy atom.